The molecule has 4 saturated carbocycles. The normalized spacial score (nSPS) is 55.9. The molecule has 156 valence electrons. The summed E-state index contributed by atoms with van der Waals surface area (Å²) in [6.45, 7) is 9.70. The van der Waals surface area contributed by atoms with E-state index in [0.717, 1.165) is 24.7 Å². The van der Waals surface area contributed by atoms with Crippen LogP contribution in [0.5, 0.6) is 0 Å². The number of allylic oxidation sites excluding steroid dienone is 1. The van der Waals surface area contributed by atoms with Crippen molar-refractivity contribution in [2.75, 3.05) is 26.4 Å². The SMILES string of the molecule is C=C1C[C@@H]2[C@H](CC[C@]34C5OCCOC3(CC[C@@H]24)OCCO5)[C@@]2(C)CCCC[C@H]12. The third-order valence-corrected chi connectivity index (χ3v) is 9.95. The topological polar surface area (TPSA) is 36.9 Å². The predicted molar refractivity (Wildman–Crippen MR) is 106 cm³/mol. The predicted octanol–water partition coefficient (Wildman–Crippen LogP) is 4.68. The number of hydrogen-bond donors (Lipinski definition) is 0. The Kier molecular flexibility index (Phi) is 4.12. The standard InChI is InChI=1S/C24H36O4/c1-16-15-17-19(22(2)8-4-3-5-18(16)22)6-9-23-20(17)7-10-24(23)27-13-11-25-21(23)26-12-14-28-24/h17-21H,1,3-15H2,2H3/t17-,18-,19+,20+,21?,22+,23+,24?/m1/s1. The van der Waals surface area contributed by atoms with Crippen LogP contribution in [0.1, 0.15) is 64.7 Å². The molecule has 0 amide bonds. The van der Waals surface area contributed by atoms with E-state index in [1.165, 1.54) is 50.5 Å². The van der Waals surface area contributed by atoms with Gasteiger partial charge in [0.1, 0.15) is 0 Å². The van der Waals surface area contributed by atoms with Crippen molar-refractivity contribution in [3.05, 3.63) is 12.2 Å². The lowest BCUT2D eigenvalue weighted by Crippen LogP contribution is -2.62. The summed E-state index contributed by atoms with van der Waals surface area (Å²) in [4.78, 5) is 0. The van der Waals surface area contributed by atoms with Crippen LogP contribution < -0.4 is 0 Å². The van der Waals surface area contributed by atoms with E-state index in [9.17, 15) is 0 Å². The molecule has 2 saturated heterocycles. The fraction of sp³-hybridized carbons (Fsp3) is 0.917. The van der Waals surface area contributed by atoms with Crippen LogP contribution in [-0.4, -0.2) is 38.5 Å². The molecule has 2 aliphatic heterocycles. The summed E-state index contributed by atoms with van der Waals surface area (Å²) in [6, 6.07) is 0. The molecule has 2 bridgehead atoms. The molecule has 4 heteroatoms. The Morgan fingerprint density at radius 3 is 2.39 bits per heavy atom. The summed E-state index contributed by atoms with van der Waals surface area (Å²) in [7, 11) is 0. The van der Waals surface area contributed by atoms with Crippen LogP contribution in [0.15, 0.2) is 12.2 Å². The zero-order valence-corrected chi connectivity index (χ0v) is 17.4. The van der Waals surface area contributed by atoms with Gasteiger partial charge in [0.25, 0.3) is 0 Å². The highest BCUT2D eigenvalue weighted by Gasteiger charge is 2.73. The Morgan fingerprint density at radius 2 is 1.61 bits per heavy atom. The van der Waals surface area contributed by atoms with Crippen LogP contribution in [-0.2, 0) is 18.9 Å². The minimum Gasteiger partial charge on any atom is -0.349 e. The molecule has 0 N–H and O–H groups in total. The first-order valence-corrected chi connectivity index (χ1v) is 11.8. The summed E-state index contributed by atoms with van der Waals surface area (Å²) >= 11 is 0. The summed E-state index contributed by atoms with van der Waals surface area (Å²) in [5.41, 5.74) is 1.83. The maximum absolute atomic E-state index is 6.51. The van der Waals surface area contributed by atoms with Gasteiger partial charge in [-0.05, 0) is 67.6 Å². The molecule has 4 nitrogen and oxygen atoms in total. The van der Waals surface area contributed by atoms with E-state index >= 15 is 0 Å². The van der Waals surface area contributed by atoms with Gasteiger partial charge >= 0.3 is 0 Å². The Labute approximate surface area is 169 Å². The Bertz CT molecular complexity index is 649. The van der Waals surface area contributed by atoms with Gasteiger partial charge in [-0.1, -0.05) is 31.9 Å². The molecule has 2 heterocycles. The molecular weight excluding hydrogens is 352 g/mol. The second-order valence-corrected chi connectivity index (χ2v) is 10.7. The fourth-order valence-corrected chi connectivity index (χ4v) is 9.00. The Balaban J connectivity index is 1.43. The van der Waals surface area contributed by atoms with E-state index in [0.29, 0.717) is 43.7 Å². The molecule has 0 radical (unpaired) electrons. The fourth-order valence-electron chi connectivity index (χ4n) is 9.00. The molecule has 6 aliphatic rings. The molecule has 1 spiro atoms. The van der Waals surface area contributed by atoms with E-state index in [1.54, 1.807) is 0 Å². The molecule has 0 aromatic carbocycles. The smallest absolute Gasteiger partial charge is 0.179 e. The van der Waals surface area contributed by atoms with Crippen molar-refractivity contribution in [3.8, 4) is 0 Å². The van der Waals surface area contributed by atoms with Crippen molar-refractivity contribution in [2.45, 2.75) is 76.8 Å². The first-order valence-electron chi connectivity index (χ1n) is 11.8. The minimum absolute atomic E-state index is 0.140. The van der Waals surface area contributed by atoms with E-state index in [4.69, 9.17) is 18.9 Å². The van der Waals surface area contributed by atoms with Gasteiger partial charge in [0, 0.05) is 6.42 Å². The van der Waals surface area contributed by atoms with Gasteiger partial charge in [0.2, 0.25) is 0 Å². The van der Waals surface area contributed by atoms with Gasteiger partial charge < -0.3 is 18.9 Å². The molecule has 6 rings (SSSR count). The zero-order valence-electron chi connectivity index (χ0n) is 17.4. The van der Waals surface area contributed by atoms with E-state index in [1.807, 2.05) is 0 Å². The van der Waals surface area contributed by atoms with Gasteiger partial charge in [-0.2, -0.15) is 0 Å². The lowest BCUT2D eigenvalue weighted by molar-refractivity contribution is -0.318. The van der Waals surface area contributed by atoms with Crippen LogP contribution in [0.25, 0.3) is 0 Å². The zero-order chi connectivity index (χ0) is 19.0. The van der Waals surface area contributed by atoms with Crippen LogP contribution in [0.4, 0.5) is 0 Å². The summed E-state index contributed by atoms with van der Waals surface area (Å²) < 4.78 is 25.7. The highest BCUT2D eigenvalue weighted by atomic mass is 16.8. The van der Waals surface area contributed by atoms with Crippen molar-refractivity contribution in [2.24, 2.45) is 34.5 Å². The van der Waals surface area contributed by atoms with Crippen molar-refractivity contribution in [1.82, 2.24) is 0 Å². The number of rotatable bonds is 0. The first-order chi connectivity index (χ1) is 13.6. The van der Waals surface area contributed by atoms with Gasteiger partial charge in [-0.25, -0.2) is 0 Å². The average Bonchev–Trinajstić information content (AvgIpc) is 2.86. The summed E-state index contributed by atoms with van der Waals surface area (Å²) in [5.74, 6) is 2.29. The molecule has 0 unspecified atom stereocenters. The molecular formula is C24H36O4. The average molecular weight is 389 g/mol. The number of fused-ring (bicyclic) bond motifs is 4. The van der Waals surface area contributed by atoms with Crippen LogP contribution in [0.2, 0.25) is 0 Å². The minimum atomic E-state index is -0.494. The highest BCUT2D eigenvalue weighted by Crippen LogP contribution is 2.71. The third-order valence-electron chi connectivity index (χ3n) is 9.95. The molecule has 6 fully saturated rings. The lowest BCUT2D eigenvalue weighted by atomic mass is 9.44. The van der Waals surface area contributed by atoms with Crippen LogP contribution in [0.3, 0.4) is 0 Å². The molecule has 0 aromatic heterocycles. The van der Waals surface area contributed by atoms with E-state index in [2.05, 4.69) is 13.5 Å². The molecule has 4 aliphatic carbocycles. The quantitative estimate of drug-likeness (QED) is 0.565. The molecule has 28 heavy (non-hydrogen) atoms. The molecule has 6 atom stereocenters. The van der Waals surface area contributed by atoms with Crippen molar-refractivity contribution in [3.63, 3.8) is 0 Å². The lowest BCUT2D eigenvalue weighted by Gasteiger charge is -2.62. The Morgan fingerprint density at radius 1 is 0.857 bits per heavy atom. The van der Waals surface area contributed by atoms with Gasteiger partial charge in [-0.15, -0.1) is 0 Å². The summed E-state index contributed by atoms with van der Waals surface area (Å²) in [6.07, 6.45) is 11.1. The van der Waals surface area contributed by atoms with Gasteiger partial charge in [0.05, 0.1) is 31.8 Å². The maximum Gasteiger partial charge on any atom is 0.179 e. The van der Waals surface area contributed by atoms with Crippen molar-refractivity contribution in [1.29, 1.82) is 0 Å². The highest BCUT2D eigenvalue weighted by molar-refractivity contribution is 5.22. The molecule has 0 aromatic rings. The van der Waals surface area contributed by atoms with E-state index < -0.39 is 5.79 Å². The van der Waals surface area contributed by atoms with Crippen molar-refractivity contribution >= 4 is 0 Å². The summed E-state index contributed by atoms with van der Waals surface area (Å²) in [5, 5.41) is 0. The number of hydrogen-bond acceptors (Lipinski definition) is 4. The monoisotopic (exact) mass is 388 g/mol. The van der Waals surface area contributed by atoms with Gasteiger partial charge in [0.15, 0.2) is 12.1 Å². The Hall–Kier alpha value is -0.420. The number of ether oxygens (including phenoxy) is 4. The van der Waals surface area contributed by atoms with Crippen LogP contribution >= 0.6 is 0 Å². The maximum atomic E-state index is 6.51. The second-order valence-electron chi connectivity index (χ2n) is 10.7. The van der Waals surface area contributed by atoms with Gasteiger partial charge in [-0.3, -0.25) is 0 Å². The van der Waals surface area contributed by atoms with E-state index in [-0.39, 0.29) is 11.7 Å². The largest absolute Gasteiger partial charge is 0.349 e. The third kappa shape index (κ3) is 2.16. The van der Waals surface area contributed by atoms with Crippen molar-refractivity contribution < 1.29 is 18.9 Å². The van der Waals surface area contributed by atoms with Crippen LogP contribution in [0, 0.1) is 34.5 Å². The first kappa shape index (κ1) is 18.4. The second kappa shape index (κ2) is 6.29.